The first-order valence-electron chi connectivity index (χ1n) is 8.51. The van der Waals surface area contributed by atoms with Gasteiger partial charge in [-0.1, -0.05) is 6.07 Å². The molecule has 0 saturated carbocycles. The molecule has 1 unspecified atom stereocenters. The summed E-state index contributed by atoms with van der Waals surface area (Å²) in [4.78, 5) is 0. The van der Waals surface area contributed by atoms with E-state index in [1.807, 2.05) is 40.0 Å². The average Bonchev–Trinajstić information content (AvgIpc) is 2.85. The van der Waals surface area contributed by atoms with Gasteiger partial charge in [0.05, 0.1) is 31.6 Å². The molecule has 0 aliphatic heterocycles. The molecule has 0 spiro atoms. The van der Waals surface area contributed by atoms with Crippen molar-refractivity contribution in [2.24, 2.45) is 7.05 Å². The van der Waals surface area contributed by atoms with Crippen LogP contribution >= 0.6 is 0 Å². The van der Waals surface area contributed by atoms with Crippen LogP contribution in [0.2, 0.25) is 0 Å². The van der Waals surface area contributed by atoms with Crippen molar-refractivity contribution in [3.8, 4) is 17.4 Å². The van der Waals surface area contributed by atoms with Gasteiger partial charge in [-0.3, -0.25) is 0 Å². The number of methoxy groups -OCH3 is 2. The highest BCUT2D eigenvalue weighted by molar-refractivity contribution is 5.44. The molecule has 0 aliphatic carbocycles. The Morgan fingerprint density at radius 1 is 1.12 bits per heavy atom. The zero-order chi connectivity index (χ0) is 18.6. The zero-order valence-electron chi connectivity index (χ0n) is 16.2. The van der Waals surface area contributed by atoms with E-state index in [9.17, 15) is 0 Å². The van der Waals surface area contributed by atoms with Crippen LogP contribution in [-0.2, 0) is 13.6 Å². The number of benzene rings is 1. The first kappa shape index (κ1) is 19.1. The minimum Gasteiger partial charge on any atom is -0.493 e. The van der Waals surface area contributed by atoms with Gasteiger partial charge in [-0.2, -0.15) is 5.10 Å². The predicted octanol–water partition coefficient (Wildman–Crippen LogP) is 3.38. The van der Waals surface area contributed by atoms with Crippen molar-refractivity contribution in [2.75, 3.05) is 14.2 Å². The maximum atomic E-state index is 5.78. The van der Waals surface area contributed by atoms with E-state index < -0.39 is 0 Å². The van der Waals surface area contributed by atoms with Crippen molar-refractivity contribution in [1.29, 1.82) is 0 Å². The van der Waals surface area contributed by atoms with Crippen molar-refractivity contribution in [3.05, 3.63) is 35.0 Å². The molecular formula is C19H29N3O3. The van der Waals surface area contributed by atoms with E-state index in [1.54, 1.807) is 18.9 Å². The van der Waals surface area contributed by atoms with E-state index in [4.69, 9.17) is 14.2 Å². The molecule has 1 aromatic carbocycles. The first-order valence-corrected chi connectivity index (χ1v) is 8.51. The van der Waals surface area contributed by atoms with E-state index in [-0.39, 0.29) is 12.1 Å². The highest BCUT2D eigenvalue weighted by Crippen LogP contribution is 2.31. The summed E-state index contributed by atoms with van der Waals surface area (Å²) < 4.78 is 18.5. The number of ether oxygens (including phenoxy) is 3. The summed E-state index contributed by atoms with van der Waals surface area (Å²) in [6.07, 6.45) is 0.108. The lowest BCUT2D eigenvalue weighted by Crippen LogP contribution is -2.19. The Morgan fingerprint density at radius 2 is 1.84 bits per heavy atom. The standard InChI is InChI=1S/C19H29N3O3/c1-12(2)25-17-9-8-15(10-18(17)23-6)13(3)20-11-16-14(4)21-22(5)19(16)24-7/h8-10,12-13,20H,11H2,1-7H3. The Labute approximate surface area is 150 Å². The van der Waals surface area contributed by atoms with Crippen molar-refractivity contribution in [2.45, 2.75) is 46.4 Å². The van der Waals surface area contributed by atoms with Gasteiger partial charge >= 0.3 is 0 Å². The molecule has 6 nitrogen and oxygen atoms in total. The van der Waals surface area contributed by atoms with Gasteiger partial charge in [-0.25, -0.2) is 4.68 Å². The van der Waals surface area contributed by atoms with E-state index in [0.717, 1.165) is 34.2 Å². The van der Waals surface area contributed by atoms with Crippen molar-refractivity contribution in [1.82, 2.24) is 15.1 Å². The normalized spacial score (nSPS) is 12.3. The Morgan fingerprint density at radius 3 is 2.44 bits per heavy atom. The third-order valence-electron chi connectivity index (χ3n) is 4.12. The van der Waals surface area contributed by atoms with E-state index in [2.05, 4.69) is 23.4 Å². The lowest BCUT2D eigenvalue weighted by atomic mass is 10.1. The fourth-order valence-corrected chi connectivity index (χ4v) is 2.82. The van der Waals surface area contributed by atoms with Crippen molar-refractivity contribution < 1.29 is 14.2 Å². The highest BCUT2D eigenvalue weighted by atomic mass is 16.5. The monoisotopic (exact) mass is 347 g/mol. The van der Waals surface area contributed by atoms with Crippen molar-refractivity contribution >= 4 is 0 Å². The molecule has 2 rings (SSSR count). The van der Waals surface area contributed by atoms with Crippen LogP contribution in [0.15, 0.2) is 18.2 Å². The molecule has 0 amide bonds. The molecule has 0 aliphatic rings. The van der Waals surface area contributed by atoms with Gasteiger partial charge in [0.15, 0.2) is 11.5 Å². The first-order chi connectivity index (χ1) is 11.9. The van der Waals surface area contributed by atoms with Crippen LogP contribution in [0, 0.1) is 6.92 Å². The molecule has 1 aromatic heterocycles. The van der Waals surface area contributed by atoms with Gasteiger partial charge < -0.3 is 19.5 Å². The molecule has 25 heavy (non-hydrogen) atoms. The summed E-state index contributed by atoms with van der Waals surface area (Å²) in [7, 11) is 5.22. The van der Waals surface area contributed by atoms with Crippen LogP contribution in [-0.4, -0.2) is 30.1 Å². The molecule has 1 heterocycles. The summed E-state index contributed by atoms with van der Waals surface area (Å²) in [5.74, 6) is 2.30. The van der Waals surface area contributed by atoms with Crippen LogP contribution in [0.1, 0.15) is 43.6 Å². The summed E-state index contributed by atoms with van der Waals surface area (Å²) in [5, 5.41) is 7.94. The van der Waals surface area contributed by atoms with Crippen LogP contribution in [0.5, 0.6) is 17.4 Å². The molecule has 138 valence electrons. The number of nitrogens with one attached hydrogen (secondary N) is 1. The maximum absolute atomic E-state index is 5.78. The summed E-state index contributed by atoms with van der Waals surface area (Å²) in [6, 6.07) is 6.18. The Balaban J connectivity index is 2.12. The van der Waals surface area contributed by atoms with Gasteiger partial charge in [-0.05, 0) is 45.4 Å². The number of rotatable bonds is 8. The number of hydrogen-bond acceptors (Lipinski definition) is 5. The molecule has 0 bridgehead atoms. The topological polar surface area (TPSA) is 57.5 Å². The Hall–Kier alpha value is -2.21. The SMILES string of the molecule is COc1cc(C(C)NCc2c(C)nn(C)c2OC)ccc1OC(C)C. The van der Waals surface area contributed by atoms with Crippen LogP contribution in [0.3, 0.4) is 0 Å². The Kier molecular flexibility index (Phi) is 6.31. The van der Waals surface area contributed by atoms with E-state index >= 15 is 0 Å². The largest absolute Gasteiger partial charge is 0.493 e. The summed E-state index contributed by atoms with van der Waals surface area (Å²) in [6.45, 7) is 8.79. The van der Waals surface area contributed by atoms with E-state index in [1.165, 1.54) is 0 Å². The summed E-state index contributed by atoms with van der Waals surface area (Å²) >= 11 is 0. The average molecular weight is 347 g/mol. The van der Waals surface area contributed by atoms with Crippen LogP contribution < -0.4 is 19.5 Å². The fraction of sp³-hybridized carbons (Fsp3) is 0.526. The van der Waals surface area contributed by atoms with Gasteiger partial charge in [-0.15, -0.1) is 0 Å². The minimum absolute atomic E-state index is 0.108. The molecule has 6 heteroatoms. The number of hydrogen-bond donors (Lipinski definition) is 1. The zero-order valence-corrected chi connectivity index (χ0v) is 16.2. The van der Waals surface area contributed by atoms with Crippen molar-refractivity contribution in [3.63, 3.8) is 0 Å². The second-order valence-electron chi connectivity index (χ2n) is 6.38. The lowest BCUT2D eigenvalue weighted by molar-refractivity contribution is 0.230. The number of nitrogens with zero attached hydrogens (tertiary/aromatic N) is 2. The molecular weight excluding hydrogens is 318 g/mol. The quantitative estimate of drug-likeness (QED) is 0.793. The van der Waals surface area contributed by atoms with Gasteiger partial charge in [0.25, 0.3) is 0 Å². The molecule has 1 atom stereocenters. The van der Waals surface area contributed by atoms with Crippen LogP contribution in [0.25, 0.3) is 0 Å². The molecule has 1 N–H and O–H groups in total. The maximum Gasteiger partial charge on any atom is 0.216 e. The second-order valence-corrected chi connectivity index (χ2v) is 6.38. The smallest absolute Gasteiger partial charge is 0.216 e. The Bertz CT molecular complexity index is 710. The van der Waals surface area contributed by atoms with Crippen LogP contribution in [0.4, 0.5) is 0 Å². The molecule has 2 aromatic rings. The lowest BCUT2D eigenvalue weighted by Gasteiger charge is -2.18. The minimum atomic E-state index is 0.108. The highest BCUT2D eigenvalue weighted by Gasteiger charge is 2.16. The van der Waals surface area contributed by atoms with Gasteiger partial charge in [0.1, 0.15) is 0 Å². The third kappa shape index (κ3) is 4.45. The van der Waals surface area contributed by atoms with Gasteiger partial charge in [0.2, 0.25) is 5.88 Å². The fourth-order valence-electron chi connectivity index (χ4n) is 2.82. The molecule has 0 saturated heterocycles. The molecule has 0 radical (unpaired) electrons. The van der Waals surface area contributed by atoms with Gasteiger partial charge in [0, 0.05) is 19.6 Å². The number of aryl methyl sites for hydroxylation is 2. The van der Waals surface area contributed by atoms with E-state index in [0.29, 0.717) is 6.54 Å². The second kappa shape index (κ2) is 8.25. The number of aromatic nitrogens is 2. The predicted molar refractivity (Wildman–Crippen MR) is 98.5 cm³/mol. The molecule has 0 fully saturated rings. The third-order valence-corrected chi connectivity index (χ3v) is 4.12. The summed E-state index contributed by atoms with van der Waals surface area (Å²) in [5.41, 5.74) is 3.18.